The van der Waals surface area contributed by atoms with E-state index in [9.17, 15) is 15.2 Å². The Morgan fingerprint density at radius 3 is 2.85 bits per heavy atom. The van der Waals surface area contributed by atoms with Crippen molar-refractivity contribution in [2.45, 2.75) is 0 Å². The van der Waals surface area contributed by atoms with Crippen LogP contribution in [-0.2, 0) is 0 Å². The molecule has 0 atom stereocenters. The Kier molecular flexibility index (Phi) is 2.66. The molecule has 1 heterocycles. The molecule has 6 nitrogen and oxygen atoms in total. The lowest BCUT2D eigenvalue weighted by Crippen LogP contribution is -1.96. The first-order valence-corrected chi connectivity index (χ1v) is 3.93. The van der Waals surface area contributed by atoms with Crippen LogP contribution in [0.1, 0.15) is 0 Å². The number of hydrogen-bond donors (Lipinski definition) is 1. The monoisotopic (exact) mass is 248 g/mol. The van der Waals surface area contributed by atoms with Crippen molar-refractivity contribution >= 4 is 21.6 Å². The number of rotatable bonds is 2. The molecule has 0 amide bonds. The maximum Gasteiger partial charge on any atom is 0.373 e. The molecule has 0 saturated heterocycles. The average molecular weight is 249 g/mol. The number of pyridine rings is 1. The highest BCUT2D eigenvalue weighted by Gasteiger charge is 2.24. The van der Waals surface area contributed by atoms with E-state index in [0.29, 0.717) is 0 Å². The summed E-state index contributed by atoms with van der Waals surface area (Å²) in [6.45, 7) is 0. The van der Waals surface area contributed by atoms with Crippen molar-refractivity contribution in [3.63, 3.8) is 0 Å². The maximum atomic E-state index is 10.5. The van der Waals surface area contributed by atoms with Crippen LogP contribution in [0.4, 0.5) is 5.69 Å². The zero-order valence-corrected chi connectivity index (χ0v) is 8.11. The van der Waals surface area contributed by atoms with Crippen LogP contribution in [0.15, 0.2) is 10.7 Å². The third kappa shape index (κ3) is 1.69. The van der Waals surface area contributed by atoms with Gasteiger partial charge in [0.05, 0.1) is 16.5 Å². The molecule has 7 heteroatoms. The second-order valence-electron chi connectivity index (χ2n) is 2.07. The van der Waals surface area contributed by atoms with Gasteiger partial charge in [0.2, 0.25) is 5.75 Å². The third-order valence-electron chi connectivity index (χ3n) is 1.32. The molecular weight excluding hydrogens is 244 g/mol. The zero-order chi connectivity index (χ0) is 10.0. The predicted octanol–water partition coefficient (Wildman–Crippen LogP) is 1.47. The van der Waals surface area contributed by atoms with E-state index in [-0.39, 0.29) is 10.4 Å². The van der Waals surface area contributed by atoms with Gasteiger partial charge in [-0.25, -0.2) is 4.98 Å². The van der Waals surface area contributed by atoms with E-state index < -0.39 is 16.4 Å². The van der Waals surface area contributed by atoms with Crippen molar-refractivity contribution in [1.82, 2.24) is 4.98 Å². The number of aromatic hydroxyl groups is 1. The normalized spacial score (nSPS) is 9.69. The molecule has 0 spiro atoms. The zero-order valence-electron chi connectivity index (χ0n) is 6.52. The largest absolute Gasteiger partial charge is 0.501 e. The second-order valence-corrected chi connectivity index (χ2v) is 2.92. The van der Waals surface area contributed by atoms with Crippen LogP contribution in [0, 0.1) is 10.1 Å². The molecule has 0 radical (unpaired) electrons. The van der Waals surface area contributed by atoms with Gasteiger partial charge in [-0.3, -0.25) is 10.1 Å². The first kappa shape index (κ1) is 9.72. The molecule has 0 unspecified atom stereocenters. The lowest BCUT2D eigenvalue weighted by Gasteiger charge is -2.02. The minimum absolute atomic E-state index is 0.153. The van der Waals surface area contributed by atoms with Crippen LogP contribution in [0.2, 0.25) is 0 Å². The van der Waals surface area contributed by atoms with Gasteiger partial charge in [0.25, 0.3) is 5.88 Å². The van der Waals surface area contributed by atoms with Crippen LogP contribution in [-0.4, -0.2) is 22.1 Å². The molecule has 1 N–H and O–H groups in total. The fourth-order valence-electron chi connectivity index (χ4n) is 0.766. The maximum absolute atomic E-state index is 10.5. The van der Waals surface area contributed by atoms with E-state index in [1.165, 1.54) is 13.3 Å². The van der Waals surface area contributed by atoms with E-state index >= 15 is 0 Å². The molecule has 0 fully saturated rings. The Morgan fingerprint density at radius 2 is 2.38 bits per heavy atom. The predicted molar refractivity (Wildman–Crippen MR) is 46.8 cm³/mol. The van der Waals surface area contributed by atoms with E-state index in [1.807, 2.05) is 0 Å². The molecule has 0 saturated carbocycles. The summed E-state index contributed by atoms with van der Waals surface area (Å²) in [7, 11) is 1.24. The first-order valence-electron chi connectivity index (χ1n) is 3.13. The molecule has 70 valence electrons. The Morgan fingerprint density at radius 1 is 1.77 bits per heavy atom. The summed E-state index contributed by atoms with van der Waals surface area (Å²) in [6.07, 6.45) is 1.22. The summed E-state index contributed by atoms with van der Waals surface area (Å²) in [4.78, 5) is 13.3. The van der Waals surface area contributed by atoms with Crippen molar-refractivity contribution < 1.29 is 14.8 Å². The van der Waals surface area contributed by atoms with Crippen molar-refractivity contribution in [3.05, 3.63) is 20.8 Å². The molecule has 0 aliphatic carbocycles. The Balaban J connectivity index is 3.41. The van der Waals surface area contributed by atoms with Gasteiger partial charge in [-0.2, -0.15) is 0 Å². The molecule has 0 aliphatic rings. The van der Waals surface area contributed by atoms with E-state index in [0.717, 1.165) is 0 Å². The Bertz CT molecular complexity index is 355. The Labute approximate surface area is 81.4 Å². The topological polar surface area (TPSA) is 85.5 Å². The van der Waals surface area contributed by atoms with Crippen molar-refractivity contribution in [2.75, 3.05) is 7.11 Å². The number of methoxy groups -OCH3 is 1. The lowest BCUT2D eigenvalue weighted by atomic mass is 10.4. The second kappa shape index (κ2) is 3.56. The van der Waals surface area contributed by atoms with E-state index in [2.05, 4.69) is 25.7 Å². The summed E-state index contributed by atoms with van der Waals surface area (Å²) in [5.74, 6) is -0.706. The SMILES string of the molecule is COc1ncc(Br)c(O)c1[N+](=O)[O-]. The minimum Gasteiger partial charge on any atom is -0.501 e. The van der Waals surface area contributed by atoms with Crippen LogP contribution < -0.4 is 4.74 Å². The summed E-state index contributed by atoms with van der Waals surface area (Å²) >= 11 is 2.91. The summed E-state index contributed by atoms with van der Waals surface area (Å²) in [5.41, 5.74) is -0.545. The molecular formula is C6H5BrN2O4. The highest BCUT2D eigenvalue weighted by atomic mass is 79.9. The fraction of sp³-hybridized carbons (Fsp3) is 0.167. The van der Waals surface area contributed by atoms with Gasteiger partial charge < -0.3 is 9.84 Å². The van der Waals surface area contributed by atoms with Gasteiger partial charge in [-0.15, -0.1) is 0 Å². The smallest absolute Gasteiger partial charge is 0.373 e. The standard InChI is InChI=1S/C6H5BrN2O4/c1-13-6-4(9(11)12)5(10)3(7)2-8-6/h2H,1H3,(H,8,10). The highest BCUT2D eigenvalue weighted by Crippen LogP contribution is 2.38. The van der Waals surface area contributed by atoms with Gasteiger partial charge in [0, 0.05) is 6.20 Å². The minimum atomic E-state index is -0.758. The molecule has 1 aromatic rings. The fourth-order valence-corrected chi connectivity index (χ4v) is 1.06. The summed E-state index contributed by atoms with van der Waals surface area (Å²) < 4.78 is 4.76. The van der Waals surface area contributed by atoms with Crippen molar-refractivity contribution in [3.8, 4) is 11.6 Å². The van der Waals surface area contributed by atoms with E-state index in [1.54, 1.807) is 0 Å². The van der Waals surface area contributed by atoms with Gasteiger partial charge in [0.1, 0.15) is 0 Å². The molecule has 1 rings (SSSR count). The van der Waals surface area contributed by atoms with Gasteiger partial charge >= 0.3 is 5.69 Å². The van der Waals surface area contributed by atoms with Crippen LogP contribution >= 0.6 is 15.9 Å². The average Bonchev–Trinajstić information content (AvgIpc) is 2.08. The molecule has 1 aromatic heterocycles. The van der Waals surface area contributed by atoms with Gasteiger partial charge in [-0.05, 0) is 15.9 Å². The van der Waals surface area contributed by atoms with Gasteiger partial charge in [-0.1, -0.05) is 0 Å². The number of nitrogens with zero attached hydrogens (tertiary/aromatic N) is 2. The number of aromatic nitrogens is 1. The van der Waals surface area contributed by atoms with Crippen LogP contribution in [0.3, 0.4) is 0 Å². The number of hydrogen-bond acceptors (Lipinski definition) is 5. The van der Waals surface area contributed by atoms with E-state index in [4.69, 9.17) is 0 Å². The molecule has 13 heavy (non-hydrogen) atoms. The number of ether oxygens (including phenoxy) is 1. The van der Waals surface area contributed by atoms with Crippen molar-refractivity contribution in [1.29, 1.82) is 0 Å². The molecule has 0 aromatic carbocycles. The third-order valence-corrected chi connectivity index (χ3v) is 1.90. The van der Waals surface area contributed by atoms with Crippen LogP contribution in [0.5, 0.6) is 11.6 Å². The highest BCUT2D eigenvalue weighted by molar-refractivity contribution is 9.10. The quantitative estimate of drug-likeness (QED) is 0.633. The molecule has 0 aliphatic heterocycles. The Hall–Kier alpha value is -1.37. The summed E-state index contributed by atoms with van der Waals surface area (Å²) in [5, 5.41) is 19.7. The lowest BCUT2D eigenvalue weighted by molar-refractivity contribution is -0.387. The molecule has 0 bridgehead atoms. The number of halogens is 1. The van der Waals surface area contributed by atoms with Crippen LogP contribution in [0.25, 0.3) is 0 Å². The summed E-state index contributed by atoms with van der Waals surface area (Å²) in [6, 6.07) is 0. The first-order chi connectivity index (χ1) is 6.07. The number of nitro groups is 1. The van der Waals surface area contributed by atoms with Crippen molar-refractivity contribution in [2.24, 2.45) is 0 Å². The van der Waals surface area contributed by atoms with Gasteiger partial charge in [0.15, 0.2) is 0 Å².